The third-order valence-electron chi connectivity index (χ3n) is 2.83. The predicted octanol–water partition coefficient (Wildman–Crippen LogP) is 1.76. The van der Waals surface area contributed by atoms with Crippen molar-refractivity contribution < 1.29 is 19.7 Å². The van der Waals surface area contributed by atoms with Gasteiger partial charge in [0.05, 0.1) is 6.10 Å². The number of hydrogen-bond acceptors (Lipinski definition) is 4. The van der Waals surface area contributed by atoms with Crippen LogP contribution in [0, 0.1) is 0 Å². The van der Waals surface area contributed by atoms with Crippen LogP contribution in [-0.2, 0) is 4.74 Å². The van der Waals surface area contributed by atoms with Crippen molar-refractivity contribution in [1.29, 1.82) is 0 Å². The molecule has 16 heavy (non-hydrogen) atoms. The van der Waals surface area contributed by atoms with Crippen molar-refractivity contribution in [2.24, 2.45) is 0 Å². The number of carbonyl (C=O) groups excluding carboxylic acids is 1. The number of aromatic hydroxyl groups is 1. The van der Waals surface area contributed by atoms with Gasteiger partial charge in [-0.15, -0.1) is 0 Å². The quantitative estimate of drug-likeness (QED) is 0.765. The number of aliphatic hydroxyl groups is 1. The van der Waals surface area contributed by atoms with Crippen molar-refractivity contribution in [3.63, 3.8) is 0 Å². The second kappa shape index (κ2) is 4.14. The first-order chi connectivity index (χ1) is 7.63. The summed E-state index contributed by atoms with van der Waals surface area (Å²) >= 11 is 0. The van der Waals surface area contributed by atoms with Crippen LogP contribution in [-0.4, -0.2) is 22.3 Å². The van der Waals surface area contributed by atoms with Crippen molar-refractivity contribution in [2.45, 2.75) is 32.0 Å². The Bertz CT molecular complexity index is 413. The normalized spacial score (nSPS) is 20.4. The fraction of sp³-hybridized carbons (Fsp3) is 0.417. The van der Waals surface area contributed by atoms with Gasteiger partial charge in [0, 0.05) is 12.0 Å². The summed E-state index contributed by atoms with van der Waals surface area (Å²) in [6.45, 7) is 1.87. The molecule has 2 N–H and O–H groups in total. The van der Waals surface area contributed by atoms with Crippen LogP contribution < -0.4 is 0 Å². The number of carbonyl (C=O) groups is 1. The molecule has 0 amide bonds. The topological polar surface area (TPSA) is 66.8 Å². The summed E-state index contributed by atoms with van der Waals surface area (Å²) in [6, 6.07) is 4.87. The van der Waals surface area contributed by atoms with E-state index in [9.17, 15) is 15.0 Å². The van der Waals surface area contributed by atoms with E-state index in [4.69, 9.17) is 4.74 Å². The van der Waals surface area contributed by atoms with Gasteiger partial charge in [-0.2, -0.15) is 0 Å². The molecule has 4 nitrogen and oxygen atoms in total. The molecule has 2 rings (SSSR count). The predicted molar refractivity (Wildman–Crippen MR) is 57.2 cm³/mol. The maximum Gasteiger partial charge on any atom is 0.342 e. The molecule has 0 unspecified atom stereocenters. The van der Waals surface area contributed by atoms with Crippen LogP contribution in [0.5, 0.6) is 5.75 Å². The lowest BCUT2D eigenvalue weighted by atomic mass is 9.99. The molecule has 0 fully saturated rings. The molecule has 1 aromatic rings. The minimum atomic E-state index is -0.513. The number of rotatable bonds is 3. The molecule has 86 valence electrons. The highest BCUT2D eigenvalue weighted by Gasteiger charge is 2.34. The van der Waals surface area contributed by atoms with Crippen molar-refractivity contribution in [1.82, 2.24) is 0 Å². The molecule has 1 heterocycles. The summed E-state index contributed by atoms with van der Waals surface area (Å²) in [6.07, 6.45) is 0.0524. The number of benzene rings is 1. The molecule has 0 aliphatic carbocycles. The van der Waals surface area contributed by atoms with E-state index >= 15 is 0 Å². The monoisotopic (exact) mass is 222 g/mol. The zero-order valence-corrected chi connectivity index (χ0v) is 9.01. The smallest absolute Gasteiger partial charge is 0.342 e. The molecule has 1 aliphatic heterocycles. The Morgan fingerprint density at radius 3 is 2.94 bits per heavy atom. The van der Waals surface area contributed by atoms with E-state index in [0.717, 1.165) is 0 Å². The van der Waals surface area contributed by atoms with Crippen molar-refractivity contribution in [3.05, 3.63) is 29.3 Å². The number of esters is 1. The molecule has 0 saturated carbocycles. The number of phenols is 1. The first-order valence-electron chi connectivity index (χ1n) is 5.34. The third kappa shape index (κ3) is 1.76. The third-order valence-corrected chi connectivity index (χ3v) is 2.83. The Hall–Kier alpha value is -1.55. The van der Waals surface area contributed by atoms with Gasteiger partial charge in [-0.05, 0) is 12.5 Å². The zero-order valence-electron chi connectivity index (χ0n) is 9.01. The standard InChI is InChI=1S/C12H14O4/c1-2-7(13)6-10-8-4-3-5-9(14)11(8)12(15)16-10/h3-5,7,10,13-14H,2,6H2,1H3/t7-,10+/m1/s1. The van der Waals surface area contributed by atoms with Gasteiger partial charge in [-0.25, -0.2) is 4.79 Å². The van der Waals surface area contributed by atoms with Gasteiger partial charge in [-0.1, -0.05) is 19.1 Å². The van der Waals surface area contributed by atoms with E-state index in [1.165, 1.54) is 6.07 Å². The van der Waals surface area contributed by atoms with E-state index in [0.29, 0.717) is 18.4 Å². The first-order valence-corrected chi connectivity index (χ1v) is 5.34. The molecular formula is C12H14O4. The zero-order chi connectivity index (χ0) is 11.7. The van der Waals surface area contributed by atoms with E-state index in [1.54, 1.807) is 12.1 Å². The average Bonchev–Trinajstić information content (AvgIpc) is 2.57. The average molecular weight is 222 g/mol. The number of aliphatic hydroxyl groups excluding tert-OH is 1. The van der Waals surface area contributed by atoms with Crippen LogP contribution in [0.2, 0.25) is 0 Å². The van der Waals surface area contributed by atoms with Crippen molar-refractivity contribution >= 4 is 5.97 Å². The molecule has 0 saturated heterocycles. The molecule has 4 heteroatoms. The number of cyclic esters (lactones) is 1. The van der Waals surface area contributed by atoms with Crippen LogP contribution in [0.1, 0.15) is 41.8 Å². The fourth-order valence-corrected chi connectivity index (χ4v) is 1.89. The summed E-state index contributed by atoms with van der Waals surface area (Å²) in [7, 11) is 0. The highest BCUT2D eigenvalue weighted by atomic mass is 16.5. The molecule has 0 radical (unpaired) electrons. The first kappa shape index (κ1) is 11.0. The van der Waals surface area contributed by atoms with Gasteiger partial charge in [0.15, 0.2) is 0 Å². The molecule has 0 bridgehead atoms. The highest BCUT2D eigenvalue weighted by molar-refractivity contribution is 5.96. The lowest BCUT2D eigenvalue weighted by Crippen LogP contribution is -2.11. The van der Waals surface area contributed by atoms with Crippen molar-refractivity contribution in [2.75, 3.05) is 0 Å². The molecule has 0 aromatic heterocycles. The van der Waals surface area contributed by atoms with Gasteiger partial charge in [0.1, 0.15) is 17.4 Å². The summed E-state index contributed by atoms with van der Waals surface area (Å²) in [5.74, 6) is -0.572. The molecule has 1 aliphatic rings. The summed E-state index contributed by atoms with van der Waals surface area (Å²) < 4.78 is 5.13. The highest BCUT2D eigenvalue weighted by Crippen LogP contribution is 2.38. The summed E-state index contributed by atoms with van der Waals surface area (Å²) in [4.78, 5) is 11.5. The lowest BCUT2D eigenvalue weighted by Gasteiger charge is -2.14. The Balaban J connectivity index is 2.29. The SMILES string of the molecule is CC[C@@H](O)C[C@@H]1OC(=O)c2c(O)cccc21. The van der Waals surface area contributed by atoms with Crippen LogP contribution in [0.25, 0.3) is 0 Å². The van der Waals surface area contributed by atoms with E-state index in [1.807, 2.05) is 6.92 Å². The van der Waals surface area contributed by atoms with Gasteiger partial charge in [-0.3, -0.25) is 0 Å². The maximum atomic E-state index is 11.5. The van der Waals surface area contributed by atoms with E-state index in [-0.39, 0.29) is 11.3 Å². The number of ether oxygens (including phenoxy) is 1. The molecule has 0 spiro atoms. The second-order valence-corrected chi connectivity index (χ2v) is 3.93. The van der Waals surface area contributed by atoms with Gasteiger partial charge in [0.25, 0.3) is 0 Å². The van der Waals surface area contributed by atoms with Crippen LogP contribution >= 0.6 is 0 Å². The van der Waals surface area contributed by atoms with E-state index < -0.39 is 18.2 Å². The van der Waals surface area contributed by atoms with Crippen LogP contribution in [0.4, 0.5) is 0 Å². The molecule has 1 aromatic carbocycles. The Morgan fingerprint density at radius 1 is 1.50 bits per heavy atom. The van der Waals surface area contributed by atoms with E-state index in [2.05, 4.69) is 0 Å². The molecular weight excluding hydrogens is 208 g/mol. The van der Waals surface area contributed by atoms with Gasteiger partial charge >= 0.3 is 5.97 Å². The largest absolute Gasteiger partial charge is 0.507 e. The van der Waals surface area contributed by atoms with Gasteiger partial charge < -0.3 is 14.9 Å². The van der Waals surface area contributed by atoms with Crippen molar-refractivity contribution in [3.8, 4) is 5.75 Å². The number of fused-ring (bicyclic) bond motifs is 1. The number of phenolic OH excluding ortho intramolecular Hbond substituents is 1. The summed E-state index contributed by atoms with van der Waals surface area (Å²) in [5.41, 5.74) is 0.897. The van der Waals surface area contributed by atoms with Gasteiger partial charge in [0.2, 0.25) is 0 Å². The Labute approximate surface area is 93.5 Å². The Morgan fingerprint density at radius 2 is 2.25 bits per heavy atom. The maximum absolute atomic E-state index is 11.5. The fourth-order valence-electron chi connectivity index (χ4n) is 1.89. The lowest BCUT2D eigenvalue weighted by molar-refractivity contribution is 0.0232. The minimum absolute atomic E-state index is 0.0593. The number of hydrogen-bond donors (Lipinski definition) is 2. The Kier molecular flexibility index (Phi) is 2.83. The van der Waals surface area contributed by atoms with Crippen LogP contribution in [0.15, 0.2) is 18.2 Å². The molecule has 2 atom stereocenters. The summed E-state index contributed by atoms with van der Waals surface area (Å²) in [5, 5.41) is 19.1. The second-order valence-electron chi connectivity index (χ2n) is 3.93. The van der Waals surface area contributed by atoms with Crippen LogP contribution in [0.3, 0.4) is 0 Å². The minimum Gasteiger partial charge on any atom is -0.507 e.